The van der Waals surface area contributed by atoms with Gasteiger partial charge in [0.15, 0.2) is 0 Å². The van der Waals surface area contributed by atoms with Crippen molar-refractivity contribution in [2.24, 2.45) is 11.8 Å². The van der Waals surface area contributed by atoms with Crippen LogP contribution < -0.4 is 0 Å². The molecule has 2 heterocycles. The van der Waals surface area contributed by atoms with Crippen LogP contribution in [0.3, 0.4) is 0 Å². The molecule has 0 unspecified atom stereocenters. The van der Waals surface area contributed by atoms with Crippen molar-refractivity contribution < 1.29 is 0 Å². The monoisotopic (exact) mass is 335 g/mol. The van der Waals surface area contributed by atoms with Crippen molar-refractivity contribution in [1.82, 2.24) is 14.7 Å². The van der Waals surface area contributed by atoms with Crippen LogP contribution in [0.5, 0.6) is 0 Å². The fourth-order valence-corrected chi connectivity index (χ4v) is 5.37. The molecule has 2 saturated heterocycles. The van der Waals surface area contributed by atoms with Gasteiger partial charge in [-0.2, -0.15) is 0 Å². The van der Waals surface area contributed by atoms with E-state index in [-0.39, 0.29) is 0 Å². The van der Waals surface area contributed by atoms with Gasteiger partial charge in [0.2, 0.25) is 0 Å². The van der Waals surface area contributed by atoms with E-state index in [2.05, 4.69) is 42.4 Å². The Morgan fingerprint density at radius 3 is 1.58 bits per heavy atom. The lowest BCUT2D eigenvalue weighted by molar-refractivity contribution is 0.0298. The van der Waals surface area contributed by atoms with E-state index in [1.807, 2.05) is 0 Å². The number of hydrogen-bond donors (Lipinski definition) is 0. The van der Waals surface area contributed by atoms with Gasteiger partial charge < -0.3 is 4.90 Å². The standard InChI is InChI=1S/C21H41N3/c1-17(2)19-5-7-20(8-6-19)23-11-9-21(10-12-23)24-15-13-22(14-16-24)18(3)4/h17-21H,5-16H2,1-4H3. The molecular weight excluding hydrogens is 294 g/mol. The minimum absolute atomic E-state index is 0.718. The number of nitrogens with zero attached hydrogens (tertiary/aromatic N) is 3. The zero-order chi connectivity index (χ0) is 17.1. The van der Waals surface area contributed by atoms with Gasteiger partial charge in [0.05, 0.1) is 0 Å². The summed E-state index contributed by atoms with van der Waals surface area (Å²) in [4.78, 5) is 8.28. The Morgan fingerprint density at radius 2 is 1.08 bits per heavy atom. The zero-order valence-corrected chi connectivity index (χ0v) is 16.7. The van der Waals surface area contributed by atoms with Gasteiger partial charge in [0.25, 0.3) is 0 Å². The summed E-state index contributed by atoms with van der Waals surface area (Å²) >= 11 is 0. The van der Waals surface area contributed by atoms with Crippen molar-refractivity contribution in [3.63, 3.8) is 0 Å². The summed E-state index contributed by atoms with van der Waals surface area (Å²) in [6.07, 6.45) is 8.68. The summed E-state index contributed by atoms with van der Waals surface area (Å²) < 4.78 is 0. The van der Waals surface area contributed by atoms with Crippen molar-refractivity contribution in [3.8, 4) is 0 Å². The fraction of sp³-hybridized carbons (Fsp3) is 1.00. The molecule has 0 aromatic rings. The van der Waals surface area contributed by atoms with Crippen LogP contribution in [0.4, 0.5) is 0 Å². The molecule has 0 aromatic carbocycles. The van der Waals surface area contributed by atoms with E-state index in [0.717, 1.165) is 30.0 Å². The van der Waals surface area contributed by atoms with Gasteiger partial charge in [-0.15, -0.1) is 0 Å². The molecular formula is C21H41N3. The summed E-state index contributed by atoms with van der Waals surface area (Å²) in [6, 6.07) is 2.48. The Kier molecular flexibility index (Phi) is 6.62. The Labute approximate surface area is 150 Å². The van der Waals surface area contributed by atoms with Gasteiger partial charge in [-0.25, -0.2) is 0 Å². The van der Waals surface area contributed by atoms with Gasteiger partial charge in [-0.05, 0) is 77.3 Å². The Bertz CT molecular complexity index is 321. The summed E-state index contributed by atoms with van der Waals surface area (Å²) in [5.41, 5.74) is 0. The number of piperazine rings is 1. The average molecular weight is 336 g/mol. The molecule has 140 valence electrons. The first-order valence-corrected chi connectivity index (χ1v) is 10.8. The molecule has 0 N–H and O–H groups in total. The van der Waals surface area contributed by atoms with Crippen molar-refractivity contribution >= 4 is 0 Å². The average Bonchev–Trinajstić information content (AvgIpc) is 2.62. The maximum atomic E-state index is 2.84. The largest absolute Gasteiger partial charge is 0.300 e. The third kappa shape index (κ3) is 4.53. The van der Waals surface area contributed by atoms with Gasteiger partial charge in [-0.3, -0.25) is 9.80 Å². The molecule has 0 amide bonds. The summed E-state index contributed by atoms with van der Waals surface area (Å²) in [5, 5.41) is 0. The Hall–Kier alpha value is -0.120. The van der Waals surface area contributed by atoms with Crippen LogP contribution >= 0.6 is 0 Å². The third-order valence-electron chi connectivity index (χ3n) is 7.30. The van der Waals surface area contributed by atoms with E-state index in [1.54, 1.807) is 0 Å². The minimum atomic E-state index is 0.718. The quantitative estimate of drug-likeness (QED) is 0.776. The van der Waals surface area contributed by atoms with E-state index in [1.165, 1.54) is 77.8 Å². The van der Waals surface area contributed by atoms with Crippen LogP contribution in [0.2, 0.25) is 0 Å². The molecule has 3 aliphatic rings. The van der Waals surface area contributed by atoms with Crippen LogP contribution in [0.1, 0.15) is 66.2 Å². The lowest BCUT2D eigenvalue weighted by Crippen LogP contribution is -2.55. The minimum Gasteiger partial charge on any atom is -0.300 e. The highest BCUT2D eigenvalue weighted by Gasteiger charge is 2.32. The molecule has 24 heavy (non-hydrogen) atoms. The number of rotatable bonds is 4. The first-order chi connectivity index (χ1) is 11.5. The maximum Gasteiger partial charge on any atom is 0.0121 e. The summed E-state index contributed by atoms with van der Waals surface area (Å²) in [6.45, 7) is 17.3. The summed E-state index contributed by atoms with van der Waals surface area (Å²) in [5.74, 6) is 1.89. The zero-order valence-electron chi connectivity index (χ0n) is 16.7. The van der Waals surface area contributed by atoms with Gasteiger partial charge in [-0.1, -0.05) is 13.8 Å². The highest BCUT2D eigenvalue weighted by Crippen LogP contribution is 2.33. The number of hydrogen-bond acceptors (Lipinski definition) is 3. The molecule has 1 aliphatic carbocycles. The third-order valence-corrected chi connectivity index (χ3v) is 7.30. The van der Waals surface area contributed by atoms with Crippen molar-refractivity contribution in [2.45, 2.75) is 84.3 Å². The number of piperidine rings is 1. The predicted molar refractivity (Wildman–Crippen MR) is 103 cm³/mol. The molecule has 0 atom stereocenters. The van der Waals surface area contributed by atoms with Crippen LogP contribution in [0.25, 0.3) is 0 Å². The van der Waals surface area contributed by atoms with E-state index in [9.17, 15) is 0 Å². The second kappa shape index (κ2) is 8.51. The Morgan fingerprint density at radius 1 is 0.583 bits per heavy atom. The normalized spacial score (nSPS) is 32.8. The molecule has 2 aliphatic heterocycles. The van der Waals surface area contributed by atoms with E-state index in [4.69, 9.17) is 0 Å². The van der Waals surface area contributed by atoms with Crippen LogP contribution in [0, 0.1) is 11.8 Å². The highest BCUT2D eigenvalue weighted by atomic mass is 15.3. The summed E-state index contributed by atoms with van der Waals surface area (Å²) in [7, 11) is 0. The lowest BCUT2D eigenvalue weighted by Gasteiger charge is -2.46. The first kappa shape index (κ1) is 18.7. The molecule has 1 saturated carbocycles. The smallest absolute Gasteiger partial charge is 0.0121 e. The van der Waals surface area contributed by atoms with Crippen LogP contribution in [-0.4, -0.2) is 72.1 Å². The topological polar surface area (TPSA) is 9.72 Å². The van der Waals surface area contributed by atoms with E-state index < -0.39 is 0 Å². The highest BCUT2D eigenvalue weighted by molar-refractivity contribution is 4.88. The fourth-order valence-electron chi connectivity index (χ4n) is 5.37. The molecule has 0 spiro atoms. The van der Waals surface area contributed by atoms with E-state index >= 15 is 0 Å². The molecule has 0 aromatic heterocycles. The van der Waals surface area contributed by atoms with Gasteiger partial charge in [0, 0.05) is 44.3 Å². The van der Waals surface area contributed by atoms with Crippen molar-refractivity contribution in [1.29, 1.82) is 0 Å². The van der Waals surface area contributed by atoms with Crippen molar-refractivity contribution in [3.05, 3.63) is 0 Å². The Balaban J connectivity index is 1.39. The molecule has 3 fully saturated rings. The van der Waals surface area contributed by atoms with Crippen LogP contribution in [0.15, 0.2) is 0 Å². The van der Waals surface area contributed by atoms with Crippen LogP contribution in [-0.2, 0) is 0 Å². The molecule has 3 nitrogen and oxygen atoms in total. The maximum absolute atomic E-state index is 2.84. The molecule has 0 bridgehead atoms. The molecule has 3 rings (SSSR count). The van der Waals surface area contributed by atoms with Gasteiger partial charge in [0.1, 0.15) is 0 Å². The lowest BCUT2D eigenvalue weighted by atomic mass is 9.79. The molecule has 3 heteroatoms. The second-order valence-corrected chi connectivity index (χ2v) is 9.25. The van der Waals surface area contributed by atoms with Gasteiger partial charge >= 0.3 is 0 Å². The first-order valence-electron chi connectivity index (χ1n) is 10.8. The molecule has 0 radical (unpaired) electrons. The van der Waals surface area contributed by atoms with E-state index in [0.29, 0.717) is 0 Å². The number of likely N-dealkylation sites (tertiary alicyclic amines) is 1. The SMILES string of the molecule is CC(C)C1CCC(N2CCC(N3CCN(C(C)C)CC3)CC2)CC1. The second-order valence-electron chi connectivity index (χ2n) is 9.25. The predicted octanol–water partition coefficient (Wildman–Crippen LogP) is 3.69. The van der Waals surface area contributed by atoms with Crippen molar-refractivity contribution in [2.75, 3.05) is 39.3 Å².